The van der Waals surface area contributed by atoms with Gasteiger partial charge in [0, 0.05) is 12.6 Å². The lowest BCUT2D eigenvalue weighted by Gasteiger charge is -2.08. The van der Waals surface area contributed by atoms with Gasteiger partial charge < -0.3 is 14.5 Å². The predicted molar refractivity (Wildman–Crippen MR) is 92.5 cm³/mol. The fraction of sp³-hybridized carbons (Fsp3) is 0.0500. The minimum Gasteiger partial charge on any atom is -0.465 e. The summed E-state index contributed by atoms with van der Waals surface area (Å²) in [6.45, 7) is 0.363. The minimum atomic E-state index is -0.314. The Labute approximate surface area is 144 Å². The molecule has 25 heavy (non-hydrogen) atoms. The second-order valence-corrected chi connectivity index (χ2v) is 5.27. The van der Waals surface area contributed by atoms with Crippen LogP contribution in [0.25, 0.3) is 6.08 Å². The number of furan rings is 1. The minimum absolute atomic E-state index is 0.221. The van der Waals surface area contributed by atoms with Crippen LogP contribution in [0.4, 0.5) is 4.39 Å². The summed E-state index contributed by atoms with van der Waals surface area (Å²) in [5.74, 6) is 1.24. The Morgan fingerprint density at radius 2 is 1.92 bits per heavy atom. The molecule has 0 radical (unpaired) electrons. The molecule has 4 nitrogen and oxygen atoms in total. The molecule has 0 aliphatic carbocycles. The third-order valence-corrected chi connectivity index (χ3v) is 3.36. The zero-order chi connectivity index (χ0) is 17.5. The molecule has 0 unspecified atom stereocenters. The Morgan fingerprint density at radius 3 is 2.68 bits per heavy atom. The van der Waals surface area contributed by atoms with Crippen molar-refractivity contribution in [3.05, 3.63) is 90.1 Å². The van der Waals surface area contributed by atoms with E-state index in [0.29, 0.717) is 23.8 Å². The average molecular weight is 337 g/mol. The van der Waals surface area contributed by atoms with Crippen LogP contribution in [0.15, 0.2) is 77.4 Å². The van der Waals surface area contributed by atoms with Gasteiger partial charge in [-0.2, -0.15) is 0 Å². The number of ether oxygens (including phenoxy) is 1. The van der Waals surface area contributed by atoms with Crippen LogP contribution >= 0.6 is 0 Å². The molecule has 1 amide bonds. The lowest BCUT2D eigenvalue weighted by atomic mass is 10.2. The van der Waals surface area contributed by atoms with E-state index in [1.807, 2.05) is 18.2 Å². The Hall–Kier alpha value is -3.34. The molecule has 0 atom stereocenters. The number of hydrogen-bond donors (Lipinski definition) is 1. The fourth-order valence-electron chi connectivity index (χ4n) is 2.15. The summed E-state index contributed by atoms with van der Waals surface area (Å²) in [5.41, 5.74) is 0.888. The third-order valence-electron chi connectivity index (χ3n) is 3.36. The summed E-state index contributed by atoms with van der Waals surface area (Å²) in [6.07, 6.45) is 4.56. The van der Waals surface area contributed by atoms with E-state index < -0.39 is 0 Å². The van der Waals surface area contributed by atoms with Crippen LogP contribution in [0.3, 0.4) is 0 Å². The lowest BCUT2D eigenvalue weighted by Crippen LogP contribution is -2.20. The molecule has 0 aliphatic heterocycles. The van der Waals surface area contributed by atoms with Crippen LogP contribution in [-0.4, -0.2) is 5.91 Å². The predicted octanol–water partition coefficient (Wildman–Crippen LogP) is 4.54. The van der Waals surface area contributed by atoms with E-state index in [-0.39, 0.29) is 11.7 Å². The van der Waals surface area contributed by atoms with Crippen LogP contribution in [0.2, 0.25) is 0 Å². The molecule has 0 bridgehead atoms. The van der Waals surface area contributed by atoms with Gasteiger partial charge in [-0.05, 0) is 60.2 Å². The van der Waals surface area contributed by atoms with Gasteiger partial charge in [-0.3, -0.25) is 4.79 Å². The average Bonchev–Trinajstić information content (AvgIpc) is 3.14. The van der Waals surface area contributed by atoms with Gasteiger partial charge in [-0.15, -0.1) is 0 Å². The maximum Gasteiger partial charge on any atom is 0.244 e. The van der Waals surface area contributed by atoms with Crippen molar-refractivity contribution in [3.63, 3.8) is 0 Å². The Kier molecular flexibility index (Phi) is 5.26. The van der Waals surface area contributed by atoms with Crippen LogP contribution in [-0.2, 0) is 11.3 Å². The molecule has 0 saturated heterocycles. The van der Waals surface area contributed by atoms with Crippen molar-refractivity contribution in [1.82, 2.24) is 5.32 Å². The summed E-state index contributed by atoms with van der Waals surface area (Å²) in [6, 6.07) is 16.6. The number of carbonyl (C=O) groups is 1. The molecule has 0 aliphatic rings. The van der Waals surface area contributed by atoms with E-state index in [9.17, 15) is 9.18 Å². The number of carbonyl (C=O) groups excluding carboxylic acids is 1. The van der Waals surface area contributed by atoms with Gasteiger partial charge in [-0.1, -0.05) is 12.1 Å². The Morgan fingerprint density at radius 1 is 1.08 bits per heavy atom. The number of hydrogen-bond acceptors (Lipinski definition) is 3. The lowest BCUT2D eigenvalue weighted by molar-refractivity contribution is -0.116. The highest BCUT2D eigenvalue weighted by molar-refractivity contribution is 5.91. The SMILES string of the molecule is O=C(C=Cc1ccco1)NCc1cccc(Oc2ccc(F)cc2)c1. The quantitative estimate of drug-likeness (QED) is 0.672. The van der Waals surface area contributed by atoms with Crippen molar-refractivity contribution in [3.8, 4) is 11.5 Å². The molecular weight excluding hydrogens is 321 g/mol. The van der Waals surface area contributed by atoms with E-state index >= 15 is 0 Å². The third kappa shape index (κ3) is 5.07. The van der Waals surface area contributed by atoms with Crippen LogP contribution in [0.1, 0.15) is 11.3 Å². The maximum atomic E-state index is 12.9. The van der Waals surface area contributed by atoms with Gasteiger partial charge in [0.05, 0.1) is 6.26 Å². The zero-order valence-electron chi connectivity index (χ0n) is 13.3. The highest BCUT2D eigenvalue weighted by Gasteiger charge is 2.02. The van der Waals surface area contributed by atoms with E-state index in [1.165, 1.54) is 18.2 Å². The van der Waals surface area contributed by atoms with E-state index in [2.05, 4.69) is 5.32 Å². The standard InChI is InChI=1S/C20H16FNO3/c21-16-6-8-18(9-7-16)25-19-4-1-3-15(13-19)14-22-20(23)11-10-17-5-2-12-24-17/h1-13H,14H2,(H,22,23). The first-order valence-corrected chi connectivity index (χ1v) is 7.71. The van der Waals surface area contributed by atoms with Crippen molar-refractivity contribution in [2.75, 3.05) is 0 Å². The second kappa shape index (κ2) is 7.97. The molecule has 3 aromatic rings. The second-order valence-electron chi connectivity index (χ2n) is 5.27. The molecule has 0 fully saturated rings. The first-order valence-electron chi connectivity index (χ1n) is 7.71. The van der Waals surface area contributed by atoms with Gasteiger partial charge in [0.2, 0.25) is 5.91 Å². The molecular formula is C20H16FNO3. The van der Waals surface area contributed by atoms with Gasteiger partial charge in [0.25, 0.3) is 0 Å². The normalized spacial score (nSPS) is 10.8. The largest absolute Gasteiger partial charge is 0.465 e. The summed E-state index contributed by atoms with van der Waals surface area (Å²) in [5, 5.41) is 2.79. The molecule has 3 rings (SSSR count). The molecule has 1 N–H and O–H groups in total. The monoisotopic (exact) mass is 337 g/mol. The summed E-state index contributed by atoms with van der Waals surface area (Å²) < 4.78 is 23.7. The van der Waals surface area contributed by atoms with Gasteiger partial charge in [-0.25, -0.2) is 4.39 Å². The Balaban J connectivity index is 1.56. The summed E-state index contributed by atoms with van der Waals surface area (Å²) >= 11 is 0. The molecule has 5 heteroatoms. The van der Waals surface area contributed by atoms with E-state index in [4.69, 9.17) is 9.15 Å². The first-order chi connectivity index (χ1) is 12.2. The number of benzene rings is 2. The van der Waals surface area contributed by atoms with Crippen molar-refractivity contribution in [2.24, 2.45) is 0 Å². The molecule has 0 spiro atoms. The van der Waals surface area contributed by atoms with Gasteiger partial charge in [0.1, 0.15) is 23.1 Å². The molecule has 2 aromatic carbocycles. The highest BCUT2D eigenvalue weighted by atomic mass is 19.1. The Bertz CT molecular complexity index is 855. The number of nitrogens with one attached hydrogen (secondary N) is 1. The number of halogens is 1. The van der Waals surface area contributed by atoms with Gasteiger partial charge >= 0.3 is 0 Å². The highest BCUT2D eigenvalue weighted by Crippen LogP contribution is 2.22. The summed E-state index contributed by atoms with van der Waals surface area (Å²) in [4.78, 5) is 11.8. The van der Waals surface area contributed by atoms with Crippen molar-refractivity contribution < 1.29 is 18.3 Å². The molecule has 1 heterocycles. The van der Waals surface area contributed by atoms with Gasteiger partial charge in [0.15, 0.2) is 0 Å². The van der Waals surface area contributed by atoms with Crippen LogP contribution in [0, 0.1) is 5.82 Å². The fourth-order valence-corrected chi connectivity index (χ4v) is 2.15. The number of amides is 1. The number of rotatable bonds is 6. The van der Waals surface area contributed by atoms with Crippen molar-refractivity contribution in [2.45, 2.75) is 6.54 Å². The maximum absolute atomic E-state index is 12.9. The zero-order valence-corrected chi connectivity index (χ0v) is 13.3. The van der Waals surface area contributed by atoms with E-state index in [1.54, 1.807) is 42.7 Å². The van der Waals surface area contributed by atoms with Crippen LogP contribution < -0.4 is 10.1 Å². The van der Waals surface area contributed by atoms with Crippen molar-refractivity contribution in [1.29, 1.82) is 0 Å². The van der Waals surface area contributed by atoms with E-state index in [0.717, 1.165) is 5.56 Å². The topological polar surface area (TPSA) is 51.5 Å². The van der Waals surface area contributed by atoms with Crippen LogP contribution in [0.5, 0.6) is 11.5 Å². The molecule has 0 saturated carbocycles. The molecule has 1 aromatic heterocycles. The summed E-state index contributed by atoms with van der Waals surface area (Å²) in [7, 11) is 0. The molecule has 126 valence electrons. The van der Waals surface area contributed by atoms with Crippen molar-refractivity contribution >= 4 is 12.0 Å². The smallest absolute Gasteiger partial charge is 0.244 e. The first kappa shape index (κ1) is 16.5.